The lowest BCUT2D eigenvalue weighted by Crippen LogP contribution is -2.36. The fraction of sp³-hybridized carbons (Fsp3) is 0.433. The summed E-state index contributed by atoms with van der Waals surface area (Å²) in [6, 6.07) is 13.8. The van der Waals surface area contributed by atoms with E-state index in [-0.39, 0.29) is 36.1 Å². The molecule has 2 aliphatic heterocycles. The molecule has 2 aromatic rings. The third kappa shape index (κ3) is 6.22. The van der Waals surface area contributed by atoms with Crippen molar-refractivity contribution in [1.82, 2.24) is 19.6 Å². The maximum atomic E-state index is 12.6. The number of unbranched alkanes of at least 4 members (excludes halogenated alkanes) is 1. The van der Waals surface area contributed by atoms with Crippen molar-refractivity contribution < 1.29 is 29.1 Å². The van der Waals surface area contributed by atoms with E-state index in [9.17, 15) is 29.1 Å². The number of aliphatic hydroxyl groups excluding tert-OH is 1. The summed E-state index contributed by atoms with van der Waals surface area (Å²) in [5.41, 5.74) is 1.95. The van der Waals surface area contributed by atoms with E-state index in [0.717, 1.165) is 0 Å². The highest BCUT2D eigenvalue weighted by Gasteiger charge is 2.35. The van der Waals surface area contributed by atoms with Gasteiger partial charge >= 0.3 is 0 Å². The third-order valence-electron chi connectivity index (χ3n) is 7.54. The van der Waals surface area contributed by atoms with Crippen LogP contribution in [0.4, 0.5) is 0 Å². The van der Waals surface area contributed by atoms with E-state index in [1.54, 1.807) is 58.3 Å². The first kappa shape index (κ1) is 28.9. The highest BCUT2D eigenvalue weighted by molar-refractivity contribution is 6.21. The molecule has 1 N–H and O–H groups in total. The predicted octanol–water partition coefficient (Wildman–Crippen LogP) is 2.69. The number of hydrogen-bond donors (Lipinski definition) is 1. The second kappa shape index (κ2) is 12.9. The highest BCUT2D eigenvalue weighted by Crippen LogP contribution is 2.31. The number of carbonyl (C=O) groups is 5. The van der Waals surface area contributed by atoms with Crippen molar-refractivity contribution >= 4 is 29.5 Å². The molecule has 0 bridgehead atoms. The molecular weight excluding hydrogens is 512 g/mol. The van der Waals surface area contributed by atoms with Crippen molar-refractivity contribution in [2.45, 2.75) is 45.8 Å². The molecule has 10 heteroatoms. The minimum absolute atomic E-state index is 0.0686. The van der Waals surface area contributed by atoms with Gasteiger partial charge in [0.2, 0.25) is 11.8 Å². The number of aliphatic hydroxyl groups is 1. The van der Waals surface area contributed by atoms with Crippen molar-refractivity contribution in [3.05, 3.63) is 70.8 Å². The van der Waals surface area contributed by atoms with Gasteiger partial charge in [-0.15, -0.1) is 0 Å². The smallest absolute Gasteiger partial charge is 0.261 e. The Morgan fingerprint density at radius 3 is 1.62 bits per heavy atom. The van der Waals surface area contributed by atoms with Crippen LogP contribution in [0.1, 0.15) is 82.4 Å². The summed E-state index contributed by atoms with van der Waals surface area (Å²) in [5.74, 6) is -0.953. The minimum atomic E-state index is -0.968. The van der Waals surface area contributed by atoms with E-state index < -0.39 is 6.23 Å². The topological polar surface area (TPSA) is 119 Å². The summed E-state index contributed by atoms with van der Waals surface area (Å²) < 4.78 is 0. The standard InChI is InChI=1S/C30H36N4O6/c1-21(35)31(17-9-19-33-27(37)23-11-3-4-12-24(23)28(33)38)15-7-8-16-32(22(2)36)18-10-20-34-29(39)25-13-5-6-14-26(25)30(34)40/h3-6,11-14,27,37H,7-10,15-20H2,1-2H3. The number of benzene rings is 2. The number of amides is 5. The van der Waals surface area contributed by atoms with Crippen LogP contribution in [0, 0.1) is 0 Å². The van der Waals surface area contributed by atoms with Crippen LogP contribution in [0.15, 0.2) is 48.5 Å². The van der Waals surface area contributed by atoms with Crippen LogP contribution in [0.25, 0.3) is 0 Å². The fourth-order valence-electron chi connectivity index (χ4n) is 5.33. The van der Waals surface area contributed by atoms with E-state index in [2.05, 4.69) is 0 Å². The van der Waals surface area contributed by atoms with Gasteiger partial charge in [0.1, 0.15) is 0 Å². The van der Waals surface area contributed by atoms with E-state index in [0.29, 0.717) is 80.7 Å². The normalized spacial score (nSPS) is 15.9. The Labute approximate surface area is 234 Å². The molecule has 0 saturated carbocycles. The van der Waals surface area contributed by atoms with Gasteiger partial charge in [0, 0.05) is 64.2 Å². The van der Waals surface area contributed by atoms with E-state index in [4.69, 9.17) is 0 Å². The lowest BCUT2D eigenvalue weighted by molar-refractivity contribution is -0.130. The molecule has 4 rings (SSSR count). The fourth-order valence-corrected chi connectivity index (χ4v) is 5.33. The molecule has 2 aromatic carbocycles. The third-order valence-corrected chi connectivity index (χ3v) is 7.54. The first-order valence-corrected chi connectivity index (χ1v) is 13.7. The second-order valence-corrected chi connectivity index (χ2v) is 10.2. The van der Waals surface area contributed by atoms with Crippen molar-refractivity contribution in [2.75, 3.05) is 39.3 Å². The Kier molecular flexibility index (Phi) is 9.31. The molecule has 0 spiro atoms. The number of fused-ring (bicyclic) bond motifs is 2. The Morgan fingerprint density at radius 2 is 1.12 bits per heavy atom. The van der Waals surface area contributed by atoms with Crippen LogP contribution >= 0.6 is 0 Å². The van der Waals surface area contributed by atoms with Crippen molar-refractivity contribution in [3.63, 3.8) is 0 Å². The summed E-state index contributed by atoms with van der Waals surface area (Å²) in [5, 5.41) is 10.5. The molecule has 1 unspecified atom stereocenters. The maximum absolute atomic E-state index is 12.6. The molecule has 0 fully saturated rings. The summed E-state index contributed by atoms with van der Waals surface area (Å²) in [7, 11) is 0. The van der Waals surface area contributed by atoms with Gasteiger partial charge in [-0.05, 0) is 43.9 Å². The number of nitrogens with zero attached hydrogens (tertiary/aromatic N) is 4. The molecule has 0 aromatic heterocycles. The quantitative estimate of drug-likeness (QED) is 0.304. The zero-order valence-electron chi connectivity index (χ0n) is 23.0. The van der Waals surface area contributed by atoms with Crippen LogP contribution in [-0.2, 0) is 9.59 Å². The molecule has 0 aliphatic carbocycles. The number of imide groups is 1. The molecule has 0 radical (unpaired) electrons. The molecule has 5 amide bonds. The Bertz CT molecular complexity index is 1260. The van der Waals surface area contributed by atoms with Crippen LogP contribution in [0.2, 0.25) is 0 Å². The predicted molar refractivity (Wildman–Crippen MR) is 147 cm³/mol. The summed E-state index contributed by atoms with van der Waals surface area (Å²) >= 11 is 0. The lowest BCUT2D eigenvalue weighted by atomic mass is 10.1. The zero-order valence-corrected chi connectivity index (χ0v) is 23.0. The van der Waals surface area contributed by atoms with Gasteiger partial charge in [-0.25, -0.2) is 0 Å². The molecule has 0 saturated heterocycles. The van der Waals surface area contributed by atoms with Crippen molar-refractivity contribution in [2.24, 2.45) is 0 Å². The first-order chi connectivity index (χ1) is 19.2. The number of hydrogen-bond acceptors (Lipinski definition) is 6. The minimum Gasteiger partial charge on any atom is -0.369 e. The van der Waals surface area contributed by atoms with Gasteiger partial charge in [-0.2, -0.15) is 0 Å². The average Bonchev–Trinajstić information content (AvgIpc) is 3.33. The Balaban J connectivity index is 1.17. The molecule has 10 nitrogen and oxygen atoms in total. The van der Waals surface area contributed by atoms with E-state index >= 15 is 0 Å². The van der Waals surface area contributed by atoms with Crippen molar-refractivity contribution in [3.8, 4) is 0 Å². The molecular formula is C30H36N4O6. The second-order valence-electron chi connectivity index (χ2n) is 10.2. The van der Waals surface area contributed by atoms with E-state index in [1.807, 2.05) is 0 Å². The monoisotopic (exact) mass is 548 g/mol. The molecule has 40 heavy (non-hydrogen) atoms. The lowest BCUT2D eigenvalue weighted by Gasteiger charge is -2.26. The molecule has 1 atom stereocenters. The Hall–Kier alpha value is -4.05. The van der Waals surface area contributed by atoms with Gasteiger partial charge in [-0.1, -0.05) is 30.3 Å². The van der Waals surface area contributed by atoms with Crippen molar-refractivity contribution in [1.29, 1.82) is 0 Å². The first-order valence-electron chi connectivity index (χ1n) is 13.7. The van der Waals surface area contributed by atoms with Crippen LogP contribution < -0.4 is 0 Å². The van der Waals surface area contributed by atoms with Gasteiger partial charge in [0.15, 0.2) is 6.23 Å². The summed E-state index contributed by atoms with van der Waals surface area (Å²) in [6.45, 7) is 5.50. The average molecular weight is 549 g/mol. The van der Waals surface area contributed by atoms with Crippen LogP contribution in [-0.4, -0.2) is 93.5 Å². The van der Waals surface area contributed by atoms with Gasteiger partial charge in [0.05, 0.1) is 11.1 Å². The van der Waals surface area contributed by atoms with E-state index in [1.165, 1.54) is 23.6 Å². The van der Waals surface area contributed by atoms with Gasteiger partial charge in [-0.3, -0.25) is 28.9 Å². The SMILES string of the molecule is CC(=O)N(CCCCN(CCCN1C(=O)c2ccccc2C1O)C(C)=O)CCCN1C(=O)c2ccccc2C1=O. The van der Waals surface area contributed by atoms with Crippen LogP contribution in [0.5, 0.6) is 0 Å². The zero-order chi connectivity index (χ0) is 28.8. The summed E-state index contributed by atoms with van der Waals surface area (Å²) in [6.07, 6.45) is 1.43. The summed E-state index contributed by atoms with van der Waals surface area (Å²) in [4.78, 5) is 68.1. The van der Waals surface area contributed by atoms with Gasteiger partial charge < -0.3 is 19.8 Å². The van der Waals surface area contributed by atoms with Gasteiger partial charge in [0.25, 0.3) is 17.7 Å². The molecule has 212 valence electrons. The van der Waals surface area contributed by atoms with Crippen LogP contribution in [0.3, 0.4) is 0 Å². The number of rotatable bonds is 13. The largest absolute Gasteiger partial charge is 0.369 e. The maximum Gasteiger partial charge on any atom is 0.261 e. The molecule has 2 heterocycles. The number of carbonyl (C=O) groups excluding carboxylic acids is 5. The highest BCUT2D eigenvalue weighted by atomic mass is 16.3. The Morgan fingerprint density at radius 1 is 0.675 bits per heavy atom. The molecule has 2 aliphatic rings.